The Balaban J connectivity index is 1.29. The molecular formula is C28H26FN3O2. The lowest BCUT2D eigenvalue weighted by Gasteiger charge is -2.35. The number of hydrogen-bond acceptors (Lipinski definition) is 4. The van der Waals surface area contributed by atoms with Gasteiger partial charge >= 0.3 is 0 Å². The second-order valence-corrected chi connectivity index (χ2v) is 8.57. The molecule has 1 unspecified atom stereocenters. The molecule has 1 atom stereocenters. The molecule has 1 amide bonds. The van der Waals surface area contributed by atoms with Crippen molar-refractivity contribution in [3.05, 3.63) is 113 Å². The number of fused-ring (bicyclic) bond motifs is 1. The average Bonchev–Trinajstić information content (AvgIpc) is 3.34. The van der Waals surface area contributed by atoms with Gasteiger partial charge in [-0.25, -0.2) is 9.37 Å². The first-order valence-corrected chi connectivity index (χ1v) is 11.5. The first-order valence-electron chi connectivity index (χ1n) is 11.5. The molecule has 3 aromatic carbocycles. The monoisotopic (exact) mass is 455 g/mol. The lowest BCUT2D eigenvalue weighted by Crippen LogP contribution is -2.50. The van der Waals surface area contributed by atoms with Gasteiger partial charge in [0.15, 0.2) is 0 Å². The summed E-state index contributed by atoms with van der Waals surface area (Å²) in [5.41, 5.74) is 5.13. The fraction of sp³-hybridized carbons (Fsp3) is 0.214. The van der Waals surface area contributed by atoms with Gasteiger partial charge in [0.1, 0.15) is 12.1 Å². The molecule has 0 spiro atoms. The van der Waals surface area contributed by atoms with Crippen molar-refractivity contribution in [1.82, 2.24) is 15.2 Å². The zero-order valence-corrected chi connectivity index (χ0v) is 18.8. The lowest BCUT2D eigenvalue weighted by molar-refractivity contribution is -0.127. The summed E-state index contributed by atoms with van der Waals surface area (Å²) in [7, 11) is 0. The van der Waals surface area contributed by atoms with E-state index >= 15 is 0 Å². The molecule has 2 heterocycles. The van der Waals surface area contributed by atoms with Gasteiger partial charge in [0.05, 0.1) is 11.7 Å². The molecule has 1 aliphatic rings. The molecule has 4 aromatic rings. The van der Waals surface area contributed by atoms with Crippen LogP contribution in [0.15, 0.2) is 89.5 Å². The Morgan fingerprint density at radius 1 is 1.00 bits per heavy atom. The molecule has 0 radical (unpaired) electrons. The summed E-state index contributed by atoms with van der Waals surface area (Å²) < 4.78 is 18.8. The molecule has 1 aliphatic heterocycles. The Morgan fingerprint density at radius 2 is 1.74 bits per heavy atom. The fourth-order valence-electron chi connectivity index (χ4n) is 4.40. The van der Waals surface area contributed by atoms with Gasteiger partial charge in [0.25, 0.3) is 0 Å². The van der Waals surface area contributed by atoms with Crippen LogP contribution in [-0.2, 0) is 30.7 Å². The Labute approximate surface area is 198 Å². The maximum absolute atomic E-state index is 13.2. The third-order valence-corrected chi connectivity index (χ3v) is 6.21. The fourth-order valence-corrected chi connectivity index (χ4v) is 4.40. The van der Waals surface area contributed by atoms with Crippen LogP contribution in [0, 0.1) is 5.82 Å². The molecule has 5 nitrogen and oxygen atoms in total. The highest BCUT2D eigenvalue weighted by atomic mass is 19.1. The summed E-state index contributed by atoms with van der Waals surface area (Å²) in [5, 5.41) is 3.07. The maximum atomic E-state index is 13.2. The van der Waals surface area contributed by atoms with Crippen LogP contribution < -0.4 is 5.32 Å². The van der Waals surface area contributed by atoms with E-state index in [1.54, 1.807) is 18.4 Å². The first kappa shape index (κ1) is 22.0. The molecule has 34 heavy (non-hydrogen) atoms. The number of nitrogens with zero attached hydrogens (tertiary/aromatic N) is 2. The number of rotatable bonds is 7. The summed E-state index contributed by atoms with van der Waals surface area (Å²) in [6.45, 7) is 1.68. The summed E-state index contributed by atoms with van der Waals surface area (Å²) in [4.78, 5) is 20.0. The maximum Gasteiger partial charge on any atom is 0.237 e. The third kappa shape index (κ3) is 5.07. The van der Waals surface area contributed by atoms with Crippen molar-refractivity contribution >= 4 is 5.91 Å². The molecule has 0 bridgehead atoms. The topological polar surface area (TPSA) is 58.4 Å². The quantitative estimate of drug-likeness (QED) is 0.436. The number of carbonyl (C=O) groups excluding carboxylic acids is 1. The van der Waals surface area contributed by atoms with Gasteiger partial charge in [0.2, 0.25) is 11.8 Å². The van der Waals surface area contributed by atoms with E-state index < -0.39 is 0 Å². The van der Waals surface area contributed by atoms with Gasteiger partial charge in [-0.15, -0.1) is 0 Å². The lowest BCUT2D eigenvalue weighted by atomic mass is 9.93. The van der Waals surface area contributed by atoms with Gasteiger partial charge in [-0.1, -0.05) is 54.6 Å². The van der Waals surface area contributed by atoms with E-state index in [9.17, 15) is 9.18 Å². The predicted octanol–water partition coefficient (Wildman–Crippen LogP) is 4.77. The highest BCUT2D eigenvalue weighted by Gasteiger charge is 2.31. The van der Waals surface area contributed by atoms with Crippen molar-refractivity contribution < 1.29 is 13.6 Å². The Hall–Kier alpha value is -3.77. The van der Waals surface area contributed by atoms with E-state index in [1.807, 2.05) is 42.5 Å². The summed E-state index contributed by atoms with van der Waals surface area (Å²) in [5.74, 6) is 0.310. The van der Waals surface area contributed by atoms with Crippen molar-refractivity contribution in [3.63, 3.8) is 0 Å². The van der Waals surface area contributed by atoms with Gasteiger partial charge in [-0.2, -0.15) is 0 Å². The minimum Gasteiger partial charge on any atom is -0.444 e. The van der Waals surface area contributed by atoms with Crippen LogP contribution in [-0.4, -0.2) is 28.4 Å². The highest BCUT2D eigenvalue weighted by molar-refractivity contribution is 5.82. The minimum absolute atomic E-state index is 0.0107. The van der Waals surface area contributed by atoms with Crippen molar-refractivity contribution in [2.45, 2.75) is 32.0 Å². The number of halogens is 1. The van der Waals surface area contributed by atoms with Gasteiger partial charge in [0, 0.05) is 25.2 Å². The Bertz CT molecular complexity index is 1250. The van der Waals surface area contributed by atoms with Gasteiger partial charge in [-0.3, -0.25) is 9.69 Å². The first-order chi connectivity index (χ1) is 16.7. The normalized spacial score (nSPS) is 15.6. The highest BCUT2D eigenvalue weighted by Crippen LogP contribution is 2.26. The zero-order valence-electron chi connectivity index (χ0n) is 18.8. The molecule has 0 fully saturated rings. The zero-order chi connectivity index (χ0) is 23.3. The molecule has 0 saturated heterocycles. The molecule has 1 aromatic heterocycles. The van der Waals surface area contributed by atoms with Gasteiger partial charge < -0.3 is 9.73 Å². The van der Waals surface area contributed by atoms with E-state index in [0.717, 1.165) is 16.8 Å². The SMILES string of the molecule is O=C(NCCc1ccc(F)cc1)C1Cc2ccccc2CN1Cc1coc(-c2ccccc2)n1. The Morgan fingerprint density at radius 3 is 2.53 bits per heavy atom. The average molecular weight is 456 g/mol. The third-order valence-electron chi connectivity index (χ3n) is 6.21. The summed E-state index contributed by atoms with van der Waals surface area (Å²) >= 11 is 0. The second kappa shape index (κ2) is 10.0. The molecule has 0 aliphatic carbocycles. The molecule has 5 rings (SSSR count). The van der Waals surface area contributed by atoms with Crippen LogP contribution in [0.25, 0.3) is 11.5 Å². The number of aromatic nitrogens is 1. The molecule has 1 N–H and O–H groups in total. The van der Waals surface area contributed by atoms with Crippen molar-refractivity contribution in [1.29, 1.82) is 0 Å². The number of amides is 1. The van der Waals surface area contributed by atoms with E-state index in [2.05, 4.69) is 27.3 Å². The van der Waals surface area contributed by atoms with Crippen LogP contribution in [0.2, 0.25) is 0 Å². The standard InChI is InChI=1S/C28H26FN3O2/c29-24-12-10-20(11-13-24)14-15-30-27(33)26-16-22-8-4-5-9-23(22)17-32(26)18-25-19-34-28(31-25)21-6-2-1-3-7-21/h1-13,19,26H,14-18H2,(H,30,33). The Kier molecular flexibility index (Phi) is 6.49. The van der Waals surface area contributed by atoms with Crippen molar-refractivity contribution in [3.8, 4) is 11.5 Å². The smallest absolute Gasteiger partial charge is 0.237 e. The van der Waals surface area contributed by atoms with E-state index in [4.69, 9.17) is 4.42 Å². The number of nitrogens with one attached hydrogen (secondary N) is 1. The van der Waals surface area contributed by atoms with E-state index in [0.29, 0.717) is 38.4 Å². The summed E-state index contributed by atoms with van der Waals surface area (Å²) in [6, 6.07) is 24.1. The van der Waals surface area contributed by atoms with Gasteiger partial charge in [-0.05, 0) is 53.8 Å². The van der Waals surface area contributed by atoms with E-state index in [1.165, 1.54) is 23.3 Å². The minimum atomic E-state index is -0.306. The van der Waals surface area contributed by atoms with Crippen molar-refractivity contribution in [2.75, 3.05) is 6.54 Å². The van der Waals surface area contributed by atoms with Crippen LogP contribution >= 0.6 is 0 Å². The molecule has 172 valence electrons. The molecule has 6 heteroatoms. The van der Waals surface area contributed by atoms with Crippen LogP contribution in [0.5, 0.6) is 0 Å². The largest absolute Gasteiger partial charge is 0.444 e. The van der Waals surface area contributed by atoms with Crippen LogP contribution in [0.4, 0.5) is 4.39 Å². The number of oxazole rings is 1. The van der Waals surface area contributed by atoms with E-state index in [-0.39, 0.29) is 17.8 Å². The number of hydrogen-bond donors (Lipinski definition) is 1. The molecule has 0 saturated carbocycles. The van der Waals surface area contributed by atoms with Crippen LogP contribution in [0.3, 0.4) is 0 Å². The summed E-state index contributed by atoms with van der Waals surface area (Å²) in [6.07, 6.45) is 2.97. The number of carbonyl (C=O) groups is 1. The molecular weight excluding hydrogens is 429 g/mol. The number of benzene rings is 3. The second-order valence-electron chi connectivity index (χ2n) is 8.57. The van der Waals surface area contributed by atoms with Crippen molar-refractivity contribution in [2.24, 2.45) is 0 Å². The van der Waals surface area contributed by atoms with Crippen LogP contribution in [0.1, 0.15) is 22.4 Å². The predicted molar refractivity (Wildman–Crippen MR) is 128 cm³/mol.